The van der Waals surface area contributed by atoms with E-state index in [0.29, 0.717) is 17.5 Å². The molecule has 542 valence electrons. The van der Waals surface area contributed by atoms with Crippen LogP contribution in [0.1, 0.15) is 0 Å². The summed E-state index contributed by atoms with van der Waals surface area (Å²) in [5.74, 6) is 1.71. The van der Waals surface area contributed by atoms with Gasteiger partial charge in [-0.2, -0.15) is 0 Å². The zero-order chi connectivity index (χ0) is 76.8. The molecule has 0 saturated heterocycles. The summed E-state index contributed by atoms with van der Waals surface area (Å²) in [7, 11) is 0. The maximum Gasteiger partial charge on any atom is 0.164 e. The van der Waals surface area contributed by atoms with Gasteiger partial charge in [0.15, 0.2) is 17.5 Å². The molecular weight excluding hydrogens is 1400 g/mol. The van der Waals surface area contributed by atoms with E-state index < -0.39 is 0 Å². The molecule has 0 amide bonds. The van der Waals surface area contributed by atoms with Crippen LogP contribution in [-0.4, -0.2) is 24.1 Å². The molecule has 18 aromatic carbocycles. The van der Waals surface area contributed by atoms with Crippen LogP contribution in [0.4, 0.5) is 0 Å². The molecule has 0 aliphatic heterocycles. The molecule has 3 aromatic heterocycles. The Bertz CT molecular complexity index is 6610. The van der Waals surface area contributed by atoms with E-state index >= 15 is 0 Å². The summed E-state index contributed by atoms with van der Waals surface area (Å²) in [6.07, 6.45) is 0. The second kappa shape index (κ2) is 29.7. The van der Waals surface area contributed by atoms with Crippen LogP contribution in [0.2, 0.25) is 0 Å². The van der Waals surface area contributed by atoms with Crippen molar-refractivity contribution in [1.82, 2.24) is 24.1 Å². The van der Waals surface area contributed by atoms with Gasteiger partial charge in [0.1, 0.15) is 0 Å². The maximum absolute atomic E-state index is 5.52. The maximum atomic E-state index is 5.52. The fourth-order valence-electron chi connectivity index (χ4n) is 16.9. The van der Waals surface area contributed by atoms with Crippen LogP contribution in [0, 0.1) is 0 Å². The standard InChI is InChI=1S/C111H73N5/c1-9-29-74(30-10-1)87-57-88(75-31-11-2-12-32-75)65-97(64-87)110-112-109(113-111(114-110)98-66-89(76-33-13-3-14-34-76)58-90(67-98)77-35-15-4-16-36-77)83-51-49-82(50-52-83)86-59-91(84-53-55-107-103(72-84)101-45-25-27-47-105(101)115(107)99-68-93(78-37-17-5-18-38-78)62-94(69-99)79-39-19-6-20-40-79)61-92(60-86)85-54-56-108-104(73-85)102-46-26-28-48-106(102)116(108)100-70-95(80-41-21-7-22-42-80)63-96(71-100)81-43-23-8-24-44-81/h1-73H. The predicted octanol–water partition coefficient (Wildman–Crippen LogP) is 29.4. The first-order valence-corrected chi connectivity index (χ1v) is 39.6. The Morgan fingerprint density at radius 2 is 0.310 bits per heavy atom. The minimum absolute atomic E-state index is 0.565. The molecule has 3 heterocycles. The lowest BCUT2D eigenvalue weighted by Crippen LogP contribution is -2.01. The normalized spacial score (nSPS) is 11.4. The monoisotopic (exact) mass is 1480 g/mol. The van der Waals surface area contributed by atoms with E-state index in [9.17, 15) is 0 Å². The fourth-order valence-corrected chi connectivity index (χ4v) is 16.9. The van der Waals surface area contributed by atoms with Crippen molar-refractivity contribution in [3.05, 3.63) is 443 Å². The molecule has 0 fully saturated rings. The topological polar surface area (TPSA) is 48.5 Å². The minimum atomic E-state index is 0.565. The van der Waals surface area contributed by atoms with E-state index in [4.69, 9.17) is 15.0 Å². The van der Waals surface area contributed by atoms with Crippen molar-refractivity contribution in [3.8, 4) is 168 Å². The van der Waals surface area contributed by atoms with Crippen molar-refractivity contribution in [2.24, 2.45) is 0 Å². The number of aromatic nitrogens is 5. The Hall–Kier alpha value is -15.4. The van der Waals surface area contributed by atoms with Crippen molar-refractivity contribution < 1.29 is 0 Å². The lowest BCUT2D eigenvalue weighted by molar-refractivity contribution is 1.07. The summed E-state index contributed by atoms with van der Waals surface area (Å²) in [5.41, 5.74) is 33.9. The molecule has 0 unspecified atom stereocenters. The van der Waals surface area contributed by atoms with E-state index in [2.05, 4.69) is 452 Å². The largest absolute Gasteiger partial charge is 0.309 e. The average molecular weight is 1480 g/mol. The number of hydrogen-bond acceptors (Lipinski definition) is 3. The van der Waals surface area contributed by atoms with Gasteiger partial charge in [0.2, 0.25) is 0 Å². The highest BCUT2D eigenvalue weighted by molar-refractivity contribution is 6.12. The Kier molecular flexibility index (Phi) is 17.5. The molecule has 0 bridgehead atoms. The van der Waals surface area contributed by atoms with Crippen molar-refractivity contribution in [1.29, 1.82) is 0 Å². The number of rotatable bonds is 16. The van der Waals surface area contributed by atoms with E-state index in [1.54, 1.807) is 0 Å². The van der Waals surface area contributed by atoms with Gasteiger partial charge in [-0.3, -0.25) is 0 Å². The van der Waals surface area contributed by atoms with E-state index in [-0.39, 0.29) is 0 Å². The molecule has 0 aliphatic rings. The molecule has 0 atom stereocenters. The third-order valence-corrected chi connectivity index (χ3v) is 22.6. The first-order valence-electron chi connectivity index (χ1n) is 39.6. The van der Waals surface area contributed by atoms with Gasteiger partial charge in [-0.25, -0.2) is 15.0 Å². The lowest BCUT2D eigenvalue weighted by Gasteiger charge is -2.15. The van der Waals surface area contributed by atoms with Gasteiger partial charge in [0, 0.05) is 49.6 Å². The Morgan fingerprint density at radius 1 is 0.121 bits per heavy atom. The molecule has 0 N–H and O–H groups in total. The van der Waals surface area contributed by atoms with Gasteiger partial charge in [-0.1, -0.05) is 315 Å². The van der Waals surface area contributed by atoms with Gasteiger partial charge in [-0.05, 0) is 250 Å². The van der Waals surface area contributed by atoms with E-state index in [0.717, 1.165) is 150 Å². The fraction of sp³-hybridized carbons (Fsp3) is 0. The van der Waals surface area contributed by atoms with Crippen molar-refractivity contribution in [3.63, 3.8) is 0 Å². The molecule has 116 heavy (non-hydrogen) atoms. The first-order chi connectivity index (χ1) is 57.4. The number of fused-ring (bicyclic) bond motifs is 6. The molecule has 5 heteroatoms. The predicted molar refractivity (Wildman–Crippen MR) is 485 cm³/mol. The lowest BCUT2D eigenvalue weighted by atomic mass is 9.92. The molecular formula is C111H73N5. The highest BCUT2D eigenvalue weighted by Crippen LogP contribution is 2.45. The third kappa shape index (κ3) is 13.2. The SMILES string of the molecule is c1ccc(-c2cc(-c3ccccc3)cc(-c3nc(-c4ccc(-c5cc(-c6ccc7c(c6)c6ccccc6n7-c6cc(-c7ccccc7)cc(-c7ccccc7)c6)cc(-c6ccc7c(c6)c6ccccc6n7-c6cc(-c7ccccc7)cc(-c7ccccc7)c6)c5)cc4)nc(-c4cc(-c5ccccc5)cc(-c5ccccc5)c4)n3)c2)cc1. The number of para-hydroxylation sites is 2. The Balaban J connectivity index is 0.741. The summed E-state index contributed by atoms with van der Waals surface area (Å²) < 4.78 is 4.91. The van der Waals surface area contributed by atoms with Gasteiger partial charge in [0.05, 0.1) is 22.1 Å². The number of hydrogen-bond donors (Lipinski definition) is 0. The van der Waals surface area contributed by atoms with E-state index in [1.807, 2.05) is 0 Å². The Labute approximate surface area is 674 Å². The molecule has 21 aromatic rings. The van der Waals surface area contributed by atoms with E-state index in [1.165, 1.54) is 43.8 Å². The second-order valence-corrected chi connectivity index (χ2v) is 29.9. The Morgan fingerprint density at radius 3 is 0.586 bits per heavy atom. The third-order valence-electron chi connectivity index (χ3n) is 22.6. The molecule has 21 rings (SSSR count). The molecule has 0 spiro atoms. The van der Waals surface area contributed by atoms with Gasteiger partial charge in [-0.15, -0.1) is 0 Å². The smallest absolute Gasteiger partial charge is 0.164 e. The highest BCUT2D eigenvalue weighted by atomic mass is 15.0. The van der Waals surface area contributed by atoms with Crippen molar-refractivity contribution in [2.75, 3.05) is 0 Å². The number of nitrogens with zero attached hydrogens (tertiary/aromatic N) is 5. The summed E-state index contributed by atoms with van der Waals surface area (Å²) in [5, 5.41) is 4.70. The summed E-state index contributed by atoms with van der Waals surface area (Å²) in [6.45, 7) is 0. The summed E-state index contributed by atoms with van der Waals surface area (Å²) >= 11 is 0. The summed E-state index contributed by atoms with van der Waals surface area (Å²) in [4.78, 5) is 16.6. The van der Waals surface area contributed by atoms with Crippen LogP contribution in [0.15, 0.2) is 443 Å². The van der Waals surface area contributed by atoms with Crippen LogP contribution in [0.3, 0.4) is 0 Å². The van der Waals surface area contributed by atoms with Gasteiger partial charge >= 0.3 is 0 Å². The van der Waals surface area contributed by atoms with Crippen LogP contribution in [0.25, 0.3) is 212 Å². The first kappa shape index (κ1) is 68.6. The van der Waals surface area contributed by atoms with Crippen LogP contribution in [-0.2, 0) is 0 Å². The van der Waals surface area contributed by atoms with Crippen LogP contribution >= 0.6 is 0 Å². The zero-order valence-corrected chi connectivity index (χ0v) is 63.4. The molecule has 0 aliphatic carbocycles. The van der Waals surface area contributed by atoms with Gasteiger partial charge < -0.3 is 9.13 Å². The van der Waals surface area contributed by atoms with Crippen LogP contribution in [0.5, 0.6) is 0 Å². The van der Waals surface area contributed by atoms with Crippen molar-refractivity contribution >= 4 is 43.6 Å². The van der Waals surface area contributed by atoms with Crippen LogP contribution < -0.4 is 0 Å². The highest BCUT2D eigenvalue weighted by Gasteiger charge is 2.23. The molecule has 0 saturated carbocycles. The zero-order valence-electron chi connectivity index (χ0n) is 63.4. The van der Waals surface area contributed by atoms with Gasteiger partial charge in [0.25, 0.3) is 0 Å². The average Bonchev–Trinajstić information content (AvgIpc) is 1.59. The number of benzene rings is 18. The minimum Gasteiger partial charge on any atom is -0.309 e. The molecule has 0 radical (unpaired) electrons. The van der Waals surface area contributed by atoms with Crippen molar-refractivity contribution in [2.45, 2.75) is 0 Å². The molecule has 5 nitrogen and oxygen atoms in total. The second-order valence-electron chi connectivity index (χ2n) is 29.9. The quantitative estimate of drug-likeness (QED) is 0.0969. The summed E-state index contributed by atoms with van der Waals surface area (Å²) in [6, 6.07) is 161.